The molecule has 0 aliphatic carbocycles. The molecule has 30 heavy (non-hydrogen) atoms. The van der Waals surface area contributed by atoms with Crippen LogP contribution >= 0.6 is 0 Å². The standard InChI is InChI=1S/C24H33N3O3/c1-3-4-5-9-14-25-23(29)20-13-10-15-27(17-20)22(28)16-21-18(2)30-24(26-21)19-11-7-6-8-12-19/h6-8,11-12,20H,3-5,9-10,13-17H2,1-2H3,(H,25,29). The Morgan fingerprint density at radius 3 is 2.77 bits per heavy atom. The van der Waals surface area contributed by atoms with Crippen molar-refractivity contribution in [2.45, 2.75) is 58.8 Å². The lowest BCUT2D eigenvalue weighted by atomic mass is 9.96. The van der Waals surface area contributed by atoms with Crippen LogP contribution in [0.2, 0.25) is 0 Å². The number of hydrogen-bond donors (Lipinski definition) is 1. The first kappa shape index (κ1) is 22.1. The number of nitrogens with zero attached hydrogens (tertiary/aromatic N) is 2. The van der Waals surface area contributed by atoms with Gasteiger partial charge in [0.05, 0.1) is 18.0 Å². The normalized spacial score (nSPS) is 16.5. The van der Waals surface area contributed by atoms with E-state index in [0.717, 1.165) is 37.8 Å². The van der Waals surface area contributed by atoms with E-state index in [2.05, 4.69) is 17.2 Å². The van der Waals surface area contributed by atoms with Crippen LogP contribution in [-0.4, -0.2) is 41.3 Å². The van der Waals surface area contributed by atoms with Crippen LogP contribution in [0.25, 0.3) is 11.5 Å². The molecule has 1 aromatic heterocycles. The van der Waals surface area contributed by atoms with E-state index in [0.29, 0.717) is 30.4 Å². The molecule has 1 aliphatic rings. The van der Waals surface area contributed by atoms with Crippen LogP contribution in [-0.2, 0) is 16.0 Å². The Bertz CT molecular complexity index is 831. The van der Waals surface area contributed by atoms with Crippen LogP contribution in [0, 0.1) is 12.8 Å². The molecule has 1 saturated heterocycles. The maximum atomic E-state index is 12.9. The molecule has 3 rings (SSSR count). The van der Waals surface area contributed by atoms with Crippen molar-refractivity contribution in [3.05, 3.63) is 41.8 Å². The highest BCUT2D eigenvalue weighted by Gasteiger charge is 2.29. The van der Waals surface area contributed by atoms with Crippen molar-refractivity contribution in [3.63, 3.8) is 0 Å². The topological polar surface area (TPSA) is 75.4 Å². The maximum Gasteiger partial charge on any atom is 0.228 e. The first-order chi connectivity index (χ1) is 14.6. The van der Waals surface area contributed by atoms with E-state index in [9.17, 15) is 9.59 Å². The van der Waals surface area contributed by atoms with Gasteiger partial charge in [0.2, 0.25) is 17.7 Å². The van der Waals surface area contributed by atoms with Gasteiger partial charge in [0.25, 0.3) is 0 Å². The SMILES string of the molecule is CCCCCCNC(=O)C1CCCN(C(=O)Cc2nc(-c3ccccc3)oc2C)C1. The summed E-state index contributed by atoms with van der Waals surface area (Å²) in [7, 11) is 0. The van der Waals surface area contributed by atoms with Crippen molar-refractivity contribution in [1.82, 2.24) is 15.2 Å². The van der Waals surface area contributed by atoms with Gasteiger partial charge in [0.1, 0.15) is 5.76 Å². The van der Waals surface area contributed by atoms with Crippen molar-refractivity contribution in [2.75, 3.05) is 19.6 Å². The van der Waals surface area contributed by atoms with Crippen molar-refractivity contribution in [2.24, 2.45) is 5.92 Å². The summed E-state index contributed by atoms with van der Waals surface area (Å²) >= 11 is 0. The molecule has 6 heteroatoms. The Hall–Kier alpha value is -2.63. The molecule has 2 aromatic rings. The minimum atomic E-state index is -0.118. The summed E-state index contributed by atoms with van der Waals surface area (Å²) in [6, 6.07) is 9.68. The summed E-state index contributed by atoms with van der Waals surface area (Å²) < 4.78 is 5.77. The molecule has 1 fully saturated rings. The number of amides is 2. The number of likely N-dealkylation sites (tertiary alicyclic amines) is 1. The molecule has 2 amide bonds. The van der Waals surface area contributed by atoms with Gasteiger partial charge in [-0.3, -0.25) is 9.59 Å². The molecule has 0 radical (unpaired) electrons. The predicted molar refractivity (Wildman–Crippen MR) is 117 cm³/mol. The summed E-state index contributed by atoms with van der Waals surface area (Å²) in [5, 5.41) is 3.05. The molecule has 1 aromatic carbocycles. The van der Waals surface area contributed by atoms with Gasteiger partial charge in [-0.2, -0.15) is 0 Å². The van der Waals surface area contributed by atoms with E-state index in [1.807, 2.05) is 37.3 Å². The maximum absolute atomic E-state index is 12.9. The Balaban J connectivity index is 1.53. The molecule has 1 atom stereocenters. The van der Waals surface area contributed by atoms with Crippen LogP contribution in [0.15, 0.2) is 34.7 Å². The zero-order chi connectivity index (χ0) is 21.3. The number of aryl methyl sites for hydroxylation is 1. The highest BCUT2D eigenvalue weighted by Crippen LogP contribution is 2.23. The molecule has 1 unspecified atom stereocenters. The van der Waals surface area contributed by atoms with Crippen molar-refractivity contribution < 1.29 is 14.0 Å². The fourth-order valence-electron chi connectivity index (χ4n) is 3.88. The molecule has 0 saturated carbocycles. The predicted octanol–water partition coefficient (Wildman–Crippen LogP) is 4.13. The van der Waals surface area contributed by atoms with Crippen LogP contribution in [0.1, 0.15) is 56.9 Å². The van der Waals surface area contributed by atoms with Gasteiger partial charge in [0.15, 0.2) is 0 Å². The minimum Gasteiger partial charge on any atom is -0.441 e. The number of benzene rings is 1. The Kier molecular flexibility index (Phi) is 8.05. The highest BCUT2D eigenvalue weighted by molar-refractivity contribution is 5.82. The molecule has 1 aliphatic heterocycles. The number of aromatic nitrogens is 1. The van der Waals surface area contributed by atoms with Gasteiger partial charge in [-0.25, -0.2) is 4.98 Å². The lowest BCUT2D eigenvalue weighted by Crippen LogP contribution is -2.46. The average Bonchev–Trinajstić information content (AvgIpc) is 3.14. The van der Waals surface area contributed by atoms with Crippen LogP contribution in [0.5, 0.6) is 0 Å². The third-order valence-corrected chi connectivity index (χ3v) is 5.71. The number of carbonyl (C=O) groups is 2. The number of piperidine rings is 1. The van der Waals surface area contributed by atoms with Gasteiger partial charge < -0.3 is 14.6 Å². The molecule has 1 N–H and O–H groups in total. The third kappa shape index (κ3) is 5.94. The fourth-order valence-corrected chi connectivity index (χ4v) is 3.88. The van der Waals surface area contributed by atoms with Gasteiger partial charge in [-0.15, -0.1) is 0 Å². The van der Waals surface area contributed by atoms with Crippen LogP contribution in [0.4, 0.5) is 0 Å². The number of oxazole rings is 1. The molecular formula is C24H33N3O3. The quantitative estimate of drug-likeness (QED) is 0.630. The number of carbonyl (C=O) groups excluding carboxylic acids is 2. The van der Waals surface area contributed by atoms with E-state index in [1.54, 1.807) is 4.90 Å². The van der Waals surface area contributed by atoms with Gasteiger partial charge in [0, 0.05) is 25.2 Å². The summed E-state index contributed by atoms with van der Waals surface area (Å²) in [5.41, 5.74) is 1.56. The average molecular weight is 412 g/mol. The summed E-state index contributed by atoms with van der Waals surface area (Å²) in [5.74, 6) is 1.17. The van der Waals surface area contributed by atoms with Crippen LogP contribution < -0.4 is 5.32 Å². The monoisotopic (exact) mass is 411 g/mol. The van der Waals surface area contributed by atoms with Crippen molar-refractivity contribution in [1.29, 1.82) is 0 Å². The van der Waals surface area contributed by atoms with E-state index >= 15 is 0 Å². The van der Waals surface area contributed by atoms with Crippen LogP contribution in [0.3, 0.4) is 0 Å². The number of hydrogen-bond acceptors (Lipinski definition) is 4. The lowest BCUT2D eigenvalue weighted by molar-refractivity contribution is -0.135. The van der Waals surface area contributed by atoms with E-state index in [1.165, 1.54) is 12.8 Å². The zero-order valence-corrected chi connectivity index (χ0v) is 18.2. The first-order valence-electron chi connectivity index (χ1n) is 11.2. The number of rotatable bonds is 9. The third-order valence-electron chi connectivity index (χ3n) is 5.71. The van der Waals surface area contributed by atoms with Gasteiger partial charge >= 0.3 is 0 Å². The molecule has 2 heterocycles. The minimum absolute atomic E-state index is 0.00598. The van der Waals surface area contributed by atoms with Crippen molar-refractivity contribution in [3.8, 4) is 11.5 Å². The number of nitrogens with one attached hydrogen (secondary N) is 1. The fraction of sp³-hybridized carbons (Fsp3) is 0.542. The second kappa shape index (κ2) is 11.0. The molecule has 0 spiro atoms. The highest BCUT2D eigenvalue weighted by atomic mass is 16.4. The second-order valence-electron chi connectivity index (χ2n) is 8.10. The first-order valence-corrected chi connectivity index (χ1v) is 11.2. The molecule has 0 bridgehead atoms. The molecular weight excluding hydrogens is 378 g/mol. The Morgan fingerprint density at radius 1 is 1.20 bits per heavy atom. The summed E-state index contributed by atoms with van der Waals surface area (Å²) in [6.07, 6.45) is 6.45. The zero-order valence-electron chi connectivity index (χ0n) is 18.2. The van der Waals surface area contributed by atoms with Crippen molar-refractivity contribution >= 4 is 11.8 Å². The van der Waals surface area contributed by atoms with E-state index < -0.39 is 0 Å². The Labute approximate surface area is 179 Å². The van der Waals surface area contributed by atoms with Gasteiger partial charge in [-0.05, 0) is 38.3 Å². The largest absolute Gasteiger partial charge is 0.441 e. The second-order valence-corrected chi connectivity index (χ2v) is 8.10. The summed E-state index contributed by atoms with van der Waals surface area (Å²) in [6.45, 7) is 5.93. The molecule has 162 valence electrons. The smallest absolute Gasteiger partial charge is 0.228 e. The Morgan fingerprint density at radius 2 is 2.00 bits per heavy atom. The molecule has 6 nitrogen and oxygen atoms in total. The van der Waals surface area contributed by atoms with Gasteiger partial charge in [-0.1, -0.05) is 44.4 Å². The van der Waals surface area contributed by atoms with E-state index in [-0.39, 0.29) is 24.2 Å². The number of unbranched alkanes of at least 4 members (excludes halogenated alkanes) is 3. The summed E-state index contributed by atoms with van der Waals surface area (Å²) in [4.78, 5) is 31.7. The van der Waals surface area contributed by atoms with E-state index in [4.69, 9.17) is 4.42 Å². The lowest BCUT2D eigenvalue weighted by Gasteiger charge is -2.32.